The van der Waals surface area contributed by atoms with E-state index in [2.05, 4.69) is 31.2 Å². The van der Waals surface area contributed by atoms with Gasteiger partial charge in [-0.25, -0.2) is 0 Å². The van der Waals surface area contributed by atoms with Crippen molar-refractivity contribution >= 4 is 11.9 Å². The molecule has 0 aliphatic rings. The monoisotopic (exact) mass is 353 g/mol. The Bertz CT molecular complexity index is 695. The third-order valence-corrected chi connectivity index (χ3v) is 4.36. The number of benzene rings is 2. The van der Waals surface area contributed by atoms with Crippen molar-refractivity contribution in [2.75, 3.05) is 13.7 Å². The third kappa shape index (κ3) is 6.71. The maximum atomic E-state index is 12.7. The number of hydrogen-bond donors (Lipinski definition) is 0. The molecule has 0 radical (unpaired) electrons. The quantitative estimate of drug-likeness (QED) is 0.642. The van der Waals surface area contributed by atoms with Crippen molar-refractivity contribution in [2.45, 2.75) is 39.2 Å². The first-order valence-corrected chi connectivity index (χ1v) is 9.02. The number of carbonyl (C=O) groups excluding carboxylic acids is 2. The van der Waals surface area contributed by atoms with Crippen molar-refractivity contribution in [3.63, 3.8) is 0 Å². The molecule has 26 heavy (non-hydrogen) atoms. The van der Waals surface area contributed by atoms with E-state index in [0.717, 1.165) is 18.4 Å². The van der Waals surface area contributed by atoms with Crippen LogP contribution in [0.5, 0.6) is 0 Å². The first kappa shape index (κ1) is 19.7. The summed E-state index contributed by atoms with van der Waals surface area (Å²) in [5, 5.41) is 0. The molecule has 0 heterocycles. The Morgan fingerprint density at radius 1 is 0.923 bits per heavy atom. The van der Waals surface area contributed by atoms with Gasteiger partial charge >= 0.3 is 5.97 Å². The number of amides is 1. The molecule has 0 fully saturated rings. The van der Waals surface area contributed by atoms with Gasteiger partial charge in [-0.3, -0.25) is 9.59 Å². The highest BCUT2D eigenvalue weighted by atomic mass is 16.5. The van der Waals surface area contributed by atoms with Gasteiger partial charge in [-0.05, 0) is 30.9 Å². The van der Waals surface area contributed by atoms with Crippen LogP contribution in [0.15, 0.2) is 54.6 Å². The Hall–Kier alpha value is -2.62. The van der Waals surface area contributed by atoms with Gasteiger partial charge in [0.15, 0.2) is 0 Å². The summed E-state index contributed by atoms with van der Waals surface area (Å²) in [7, 11) is 1.37. The molecule has 138 valence electrons. The van der Waals surface area contributed by atoms with Crippen LogP contribution in [0, 0.1) is 6.92 Å². The second kappa shape index (κ2) is 10.4. The Balaban J connectivity index is 1.90. The Morgan fingerprint density at radius 3 is 2.27 bits per heavy atom. The predicted molar refractivity (Wildman–Crippen MR) is 103 cm³/mol. The SMILES string of the molecule is COC(=O)CCN(Cc1ccccc1)C(=O)CCCc1ccc(C)cc1. The summed E-state index contributed by atoms with van der Waals surface area (Å²) in [6.45, 7) is 2.96. The molecule has 0 spiro atoms. The van der Waals surface area contributed by atoms with Gasteiger partial charge in [-0.1, -0.05) is 60.2 Å². The van der Waals surface area contributed by atoms with Crippen molar-refractivity contribution < 1.29 is 14.3 Å². The van der Waals surface area contributed by atoms with Gasteiger partial charge in [0.05, 0.1) is 13.5 Å². The fourth-order valence-corrected chi connectivity index (χ4v) is 2.78. The van der Waals surface area contributed by atoms with Gasteiger partial charge in [-0.2, -0.15) is 0 Å². The van der Waals surface area contributed by atoms with E-state index >= 15 is 0 Å². The molecular weight excluding hydrogens is 326 g/mol. The van der Waals surface area contributed by atoms with E-state index in [1.807, 2.05) is 30.3 Å². The van der Waals surface area contributed by atoms with Gasteiger partial charge in [-0.15, -0.1) is 0 Å². The molecule has 0 saturated heterocycles. The predicted octanol–water partition coefficient (Wildman–Crippen LogP) is 3.91. The first-order chi connectivity index (χ1) is 12.6. The van der Waals surface area contributed by atoms with Gasteiger partial charge in [0.2, 0.25) is 5.91 Å². The number of ether oxygens (including phenoxy) is 1. The molecule has 0 unspecified atom stereocenters. The molecule has 0 N–H and O–H groups in total. The van der Waals surface area contributed by atoms with Crippen molar-refractivity contribution in [3.8, 4) is 0 Å². The molecule has 4 nitrogen and oxygen atoms in total. The van der Waals surface area contributed by atoms with Crippen molar-refractivity contribution in [2.24, 2.45) is 0 Å². The fourth-order valence-electron chi connectivity index (χ4n) is 2.78. The van der Waals surface area contributed by atoms with E-state index < -0.39 is 0 Å². The summed E-state index contributed by atoms with van der Waals surface area (Å²) in [4.78, 5) is 25.9. The molecule has 0 atom stereocenters. The van der Waals surface area contributed by atoms with Gasteiger partial charge < -0.3 is 9.64 Å². The Kier molecular flexibility index (Phi) is 7.87. The number of hydrogen-bond acceptors (Lipinski definition) is 3. The number of aryl methyl sites for hydroxylation is 2. The molecule has 4 heteroatoms. The topological polar surface area (TPSA) is 46.6 Å². The van der Waals surface area contributed by atoms with Gasteiger partial charge in [0.25, 0.3) is 0 Å². The highest BCUT2D eigenvalue weighted by Crippen LogP contribution is 2.11. The van der Waals surface area contributed by atoms with Crippen LogP contribution in [0.2, 0.25) is 0 Å². The molecule has 1 amide bonds. The maximum Gasteiger partial charge on any atom is 0.307 e. The highest BCUT2D eigenvalue weighted by molar-refractivity contribution is 5.77. The number of rotatable bonds is 9. The van der Waals surface area contributed by atoms with Gasteiger partial charge in [0, 0.05) is 19.5 Å². The number of methoxy groups -OCH3 is 1. The van der Waals surface area contributed by atoms with Crippen LogP contribution in [0.1, 0.15) is 36.0 Å². The summed E-state index contributed by atoms with van der Waals surface area (Å²) >= 11 is 0. The average Bonchev–Trinajstić information content (AvgIpc) is 2.67. The third-order valence-electron chi connectivity index (χ3n) is 4.36. The summed E-state index contributed by atoms with van der Waals surface area (Å²) < 4.78 is 4.70. The molecular formula is C22H27NO3. The number of nitrogens with zero attached hydrogens (tertiary/aromatic N) is 1. The Morgan fingerprint density at radius 2 is 1.62 bits per heavy atom. The molecule has 2 rings (SSSR count). The minimum Gasteiger partial charge on any atom is -0.469 e. The standard InChI is InChI=1S/C22H27NO3/c1-18-11-13-19(14-12-18)9-6-10-21(24)23(16-15-22(25)26-2)17-20-7-4-3-5-8-20/h3-5,7-8,11-14H,6,9-10,15-17H2,1-2H3. The minimum absolute atomic E-state index is 0.0740. The Labute approximate surface area is 155 Å². The van der Waals surface area contributed by atoms with E-state index in [9.17, 15) is 9.59 Å². The lowest BCUT2D eigenvalue weighted by Crippen LogP contribution is -2.32. The fraction of sp³-hybridized carbons (Fsp3) is 0.364. The molecule has 2 aromatic carbocycles. The van der Waals surface area contributed by atoms with Crippen LogP contribution in [-0.4, -0.2) is 30.4 Å². The summed E-state index contributed by atoms with van der Waals surface area (Å²) in [5.74, 6) is -0.222. The molecule has 0 aliphatic heterocycles. The zero-order valence-corrected chi connectivity index (χ0v) is 15.6. The molecule has 0 bridgehead atoms. The lowest BCUT2D eigenvalue weighted by molar-refractivity contribution is -0.142. The first-order valence-electron chi connectivity index (χ1n) is 9.02. The van der Waals surface area contributed by atoms with Crippen molar-refractivity contribution in [1.82, 2.24) is 4.90 Å². The summed E-state index contributed by atoms with van der Waals surface area (Å²) in [6.07, 6.45) is 2.36. The molecule has 0 aromatic heterocycles. The van der Waals surface area contributed by atoms with Crippen LogP contribution in [0.25, 0.3) is 0 Å². The van der Waals surface area contributed by atoms with Crippen LogP contribution in [0.4, 0.5) is 0 Å². The number of carbonyl (C=O) groups is 2. The van der Waals surface area contributed by atoms with Crippen LogP contribution in [-0.2, 0) is 27.3 Å². The summed E-state index contributed by atoms with van der Waals surface area (Å²) in [5.41, 5.74) is 3.54. The largest absolute Gasteiger partial charge is 0.469 e. The zero-order chi connectivity index (χ0) is 18.8. The minimum atomic E-state index is -0.296. The van der Waals surface area contributed by atoms with E-state index in [-0.39, 0.29) is 18.3 Å². The lowest BCUT2D eigenvalue weighted by atomic mass is 10.1. The highest BCUT2D eigenvalue weighted by Gasteiger charge is 2.15. The van der Waals surface area contributed by atoms with Gasteiger partial charge in [0.1, 0.15) is 0 Å². The smallest absolute Gasteiger partial charge is 0.307 e. The maximum absolute atomic E-state index is 12.7. The lowest BCUT2D eigenvalue weighted by Gasteiger charge is -2.22. The van der Waals surface area contributed by atoms with E-state index in [1.165, 1.54) is 18.2 Å². The van der Waals surface area contributed by atoms with E-state index in [0.29, 0.717) is 19.5 Å². The van der Waals surface area contributed by atoms with Crippen LogP contribution in [0.3, 0.4) is 0 Å². The van der Waals surface area contributed by atoms with E-state index in [4.69, 9.17) is 4.74 Å². The number of esters is 1. The molecule has 0 aliphatic carbocycles. The van der Waals surface area contributed by atoms with Crippen LogP contribution >= 0.6 is 0 Å². The second-order valence-electron chi connectivity index (χ2n) is 6.47. The van der Waals surface area contributed by atoms with E-state index in [1.54, 1.807) is 4.90 Å². The molecule has 2 aromatic rings. The van der Waals surface area contributed by atoms with Crippen molar-refractivity contribution in [1.29, 1.82) is 0 Å². The second-order valence-corrected chi connectivity index (χ2v) is 6.47. The van der Waals surface area contributed by atoms with Crippen molar-refractivity contribution in [3.05, 3.63) is 71.3 Å². The molecule has 0 saturated carbocycles. The average molecular weight is 353 g/mol. The van der Waals surface area contributed by atoms with Crippen LogP contribution < -0.4 is 0 Å². The summed E-state index contributed by atoms with van der Waals surface area (Å²) in [6, 6.07) is 18.2. The zero-order valence-electron chi connectivity index (χ0n) is 15.6. The normalized spacial score (nSPS) is 10.4.